The van der Waals surface area contributed by atoms with E-state index in [-0.39, 0.29) is 5.91 Å². The van der Waals surface area contributed by atoms with Gasteiger partial charge < -0.3 is 11.1 Å². The average Bonchev–Trinajstić information content (AvgIpc) is 2.73. The number of aryl methyl sites for hydroxylation is 3. The van der Waals surface area contributed by atoms with Gasteiger partial charge in [0, 0.05) is 24.5 Å². The molecule has 1 aromatic carbocycles. The first kappa shape index (κ1) is 15.4. The number of nitrogen functional groups attached to an aromatic ring is 1. The molecule has 21 heavy (non-hydrogen) atoms. The summed E-state index contributed by atoms with van der Waals surface area (Å²) in [5, 5.41) is 7.59. The van der Waals surface area contributed by atoms with Crippen molar-refractivity contribution in [3.05, 3.63) is 46.2 Å². The van der Waals surface area contributed by atoms with E-state index < -0.39 is 0 Å². The Balaban J connectivity index is 1.83. The topological polar surface area (TPSA) is 72.9 Å². The van der Waals surface area contributed by atoms with Crippen molar-refractivity contribution in [3.8, 4) is 0 Å². The van der Waals surface area contributed by atoms with Crippen LogP contribution in [-0.2, 0) is 6.54 Å². The summed E-state index contributed by atoms with van der Waals surface area (Å²) in [5.41, 5.74) is 8.72. The molecule has 0 radical (unpaired) electrons. The van der Waals surface area contributed by atoms with E-state index in [9.17, 15) is 4.79 Å². The fraction of sp³-hybridized carbons (Fsp3) is 0.333. The highest BCUT2D eigenvalue weighted by molar-refractivity contribution is 6.34. The SMILES string of the molecule is Cc1cc(C)n(CCCNC(=O)c2ccc(N)cc2Cl)n1. The van der Waals surface area contributed by atoms with Crippen LogP contribution in [0, 0.1) is 13.8 Å². The van der Waals surface area contributed by atoms with E-state index >= 15 is 0 Å². The molecular weight excluding hydrogens is 288 g/mol. The van der Waals surface area contributed by atoms with E-state index in [0.717, 1.165) is 24.4 Å². The average molecular weight is 307 g/mol. The molecule has 2 aromatic rings. The van der Waals surface area contributed by atoms with Crippen molar-refractivity contribution in [2.75, 3.05) is 12.3 Å². The molecule has 0 saturated heterocycles. The van der Waals surface area contributed by atoms with Crippen LogP contribution >= 0.6 is 11.6 Å². The molecule has 0 aliphatic carbocycles. The van der Waals surface area contributed by atoms with Crippen molar-refractivity contribution in [2.45, 2.75) is 26.8 Å². The van der Waals surface area contributed by atoms with E-state index in [0.29, 0.717) is 22.8 Å². The summed E-state index contributed by atoms with van der Waals surface area (Å²) in [6.45, 7) is 5.33. The molecule has 0 bridgehead atoms. The lowest BCUT2D eigenvalue weighted by atomic mass is 10.2. The standard InChI is InChI=1S/C15H19ClN4O/c1-10-8-11(2)20(19-10)7-3-6-18-15(21)13-5-4-12(17)9-14(13)16/h4-5,8-9H,3,6-7,17H2,1-2H3,(H,18,21). The van der Waals surface area contributed by atoms with Gasteiger partial charge in [-0.05, 0) is 44.5 Å². The monoisotopic (exact) mass is 306 g/mol. The number of nitrogens with zero attached hydrogens (tertiary/aromatic N) is 2. The third-order valence-electron chi connectivity index (χ3n) is 3.17. The maximum Gasteiger partial charge on any atom is 0.252 e. The summed E-state index contributed by atoms with van der Waals surface area (Å²) in [5.74, 6) is -0.187. The first-order valence-corrected chi connectivity index (χ1v) is 7.19. The Bertz CT molecular complexity index is 651. The maximum atomic E-state index is 12.0. The smallest absolute Gasteiger partial charge is 0.252 e. The lowest BCUT2D eigenvalue weighted by molar-refractivity contribution is 0.0953. The minimum Gasteiger partial charge on any atom is -0.399 e. The molecule has 2 rings (SSSR count). The number of benzene rings is 1. The van der Waals surface area contributed by atoms with Crippen LogP contribution < -0.4 is 11.1 Å². The third-order valence-corrected chi connectivity index (χ3v) is 3.49. The van der Waals surface area contributed by atoms with Crippen LogP contribution in [0.1, 0.15) is 28.2 Å². The number of nitrogens with two attached hydrogens (primary N) is 1. The first-order chi connectivity index (χ1) is 9.97. The Morgan fingerprint density at radius 2 is 2.14 bits per heavy atom. The lowest BCUT2D eigenvalue weighted by Crippen LogP contribution is -2.25. The Morgan fingerprint density at radius 3 is 2.76 bits per heavy atom. The number of halogens is 1. The number of rotatable bonds is 5. The lowest BCUT2D eigenvalue weighted by Gasteiger charge is -2.08. The molecule has 0 aliphatic rings. The number of anilines is 1. The number of aromatic nitrogens is 2. The van der Waals surface area contributed by atoms with Gasteiger partial charge in [-0.15, -0.1) is 0 Å². The van der Waals surface area contributed by atoms with Gasteiger partial charge in [-0.1, -0.05) is 11.6 Å². The van der Waals surface area contributed by atoms with Crippen molar-refractivity contribution in [1.29, 1.82) is 0 Å². The Labute approximate surface area is 129 Å². The summed E-state index contributed by atoms with van der Waals surface area (Å²) < 4.78 is 1.94. The van der Waals surface area contributed by atoms with Gasteiger partial charge >= 0.3 is 0 Å². The largest absolute Gasteiger partial charge is 0.399 e. The second-order valence-electron chi connectivity index (χ2n) is 5.00. The zero-order chi connectivity index (χ0) is 15.4. The minimum absolute atomic E-state index is 0.187. The Kier molecular flexibility index (Phi) is 4.85. The van der Waals surface area contributed by atoms with E-state index in [4.69, 9.17) is 17.3 Å². The molecule has 1 heterocycles. The van der Waals surface area contributed by atoms with E-state index in [1.165, 1.54) is 0 Å². The van der Waals surface area contributed by atoms with Crippen LogP contribution in [0.25, 0.3) is 0 Å². The van der Waals surface area contributed by atoms with Gasteiger partial charge in [0.05, 0.1) is 16.3 Å². The highest BCUT2D eigenvalue weighted by Crippen LogP contribution is 2.18. The molecule has 1 aromatic heterocycles. The Morgan fingerprint density at radius 1 is 1.38 bits per heavy atom. The number of hydrogen-bond donors (Lipinski definition) is 2. The van der Waals surface area contributed by atoms with Crippen molar-refractivity contribution in [1.82, 2.24) is 15.1 Å². The fourth-order valence-electron chi connectivity index (χ4n) is 2.14. The van der Waals surface area contributed by atoms with Crippen molar-refractivity contribution >= 4 is 23.2 Å². The highest BCUT2D eigenvalue weighted by Gasteiger charge is 2.09. The van der Waals surface area contributed by atoms with Crippen molar-refractivity contribution < 1.29 is 4.79 Å². The molecule has 6 heteroatoms. The van der Waals surface area contributed by atoms with Gasteiger partial charge in [0.15, 0.2) is 0 Å². The van der Waals surface area contributed by atoms with Crippen molar-refractivity contribution in [3.63, 3.8) is 0 Å². The third kappa shape index (κ3) is 3.98. The molecule has 3 N–H and O–H groups in total. The Hall–Kier alpha value is -2.01. The predicted molar refractivity (Wildman–Crippen MR) is 84.5 cm³/mol. The number of nitrogens with one attached hydrogen (secondary N) is 1. The molecule has 0 saturated carbocycles. The van der Waals surface area contributed by atoms with Crippen LogP contribution in [-0.4, -0.2) is 22.2 Å². The van der Waals surface area contributed by atoms with Gasteiger partial charge in [0.2, 0.25) is 0 Å². The summed E-state index contributed by atoms with van der Waals surface area (Å²) in [6, 6.07) is 6.91. The second-order valence-corrected chi connectivity index (χ2v) is 5.41. The zero-order valence-electron chi connectivity index (χ0n) is 12.2. The second kappa shape index (κ2) is 6.63. The van der Waals surface area contributed by atoms with Crippen LogP contribution in [0.4, 0.5) is 5.69 Å². The van der Waals surface area contributed by atoms with Gasteiger partial charge in [-0.25, -0.2) is 0 Å². The van der Waals surface area contributed by atoms with Gasteiger partial charge in [0.25, 0.3) is 5.91 Å². The molecule has 112 valence electrons. The highest BCUT2D eigenvalue weighted by atomic mass is 35.5. The van der Waals surface area contributed by atoms with Crippen molar-refractivity contribution in [2.24, 2.45) is 0 Å². The summed E-state index contributed by atoms with van der Waals surface area (Å²) in [6.07, 6.45) is 0.806. The quantitative estimate of drug-likeness (QED) is 0.658. The maximum absolute atomic E-state index is 12.0. The van der Waals surface area contributed by atoms with Crippen LogP contribution in [0.2, 0.25) is 5.02 Å². The van der Waals surface area contributed by atoms with E-state index in [2.05, 4.69) is 10.4 Å². The number of hydrogen-bond acceptors (Lipinski definition) is 3. The number of carbonyl (C=O) groups excluding carboxylic acids is 1. The molecule has 0 unspecified atom stereocenters. The summed E-state index contributed by atoms with van der Waals surface area (Å²) in [4.78, 5) is 12.0. The fourth-order valence-corrected chi connectivity index (χ4v) is 2.42. The molecule has 0 fully saturated rings. The molecule has 1 amide bonds. The zero-order valence-corrected chi connectivity index (χ0v) is 12.9. The molecule has 0 aliphatic heterocycles. The molecule has 0 spiro atoms. The number of amides is 1. The molecule has 5 nitrogen and oxygen atoms in total. The van der Waals surface area contributed by atoms with Gasteiger partial charge in [-0.2, -0.15) is 5.10 Å². The van der Waals surface area contributed by atoms with E-state index in [1.54, 1.807) is 18.2 Å². The molecule has 0 atom stereocenters. The summed E-state index contributed by atoms with van der Waals surface area (Å²) >= 11 is 6.00. The van der Waals surface area contributed by atoms with Crippen LogP contribution in [0.5, 0.6) is 0 Å². The molecular formula is C15H19ClN4O. The van der Waals surface area contributed by atoms with Crippen LogP contribution in [0.15, 0.2) is 24.3 Å². The minimum atomic E-state index is -0.187. The van der Waals surface area contributed by atoms with E-state index in [1.807, 2.05) is 24.6 Å². The van der Waals surface area contributed by atoms with Gasteiger partial charge in [0.1, 0.15) is 0 Å². The first-order valence-electron chi connectivity index (χ1n) is 6.81. The number of carbonyl (C=O) groups is 1. The normalized spacial score (nSPS) is 10.6. The van der Waals surface area contributed by atoms with Crippen LogP contribution in [0.3, 0.4) is 0 Å². The summed E-state index contributed by atoms with van der Waals surface area (Å²) in [7, 11) is 0. The predicted octanol–water partition coefficient (Wildman–Crippen LogP) is 2.56. The van der Waals surface area contributed by atoms with Gasteiger partial charge in [-0.3, -0.25) is 9.48 Å².